The van der Waals surface area contributed by atoms with E-state index in [1.54, 1.807) is 10.7 Å². The minimum Gasteiger partial charge on any atom is -0.298 e. The molecular formula is C12H11FN2O. The Morgan fingerprint density at radius 1 is 1.44 bits per heavy atom. The topological polar surface area (TPSA) is 34.9 Å². The van der Waals surface area contributed by atoms with Crippen LogP contribution in [0.1, 0.15) is 16.1 Å². The molecule has 2 rings (SSSR count). The van der Waals surface area contributed by atoms with E-state index in [2.05, 4.69) is 5.10 Å². The monoisotopic (exact) mass is 218 g/mol. The number of rotatable bonds is 2. The number of hydrogen-bond donors (Lipinski definition) is 0. The molecule has 1 aromatic heterocycles. The summed E-state index contributed by atoms with van der Waals surface area (Å²) in [5, 5.41) is 4.20. The summed E-state index contributed by atoms with van der Waals surface area (Å²) in [7, 11) is 1.82. The summed E-state index contributed by atoms with van der Waals surface area (Å²) in [6, 6.07) is 4.48. The molecule has 0 atom stereocenters. The number of halogens is 1. The van der Waals surface area contributed by atoms with Crippen LogP contribution in [0.4, 0.5) is 4.39 Å². The van der Waals surface area contributed by atoms with Crippen LogP contribution in [0, 0.1) is 12.7 Å². The molecule has 0 N–H and O–H groups in total. The second-order valence-corrected chi connectivity index (χ2v) is 3.66. The molecule has 82 valence electrons. The van der Waals surface area contributed by atoms with E-state index in [1.807, 2.05) is 20.2 Å². The normalized spacial score (nSPS) is 10.4. The van der Waals surface area contributed by atoms with Crippen molar-refractivity contribution in [2.75, 3.05) is 0 Å². The molecule has 2 aromatic rings. The Labute approximate surface area is 92.5 Å². The Hall–Kier alpha value is -1.97. The van der Waals surface area contributed by atoms with Gasteiger partial charge in [0, 0.05) is 18.8 Å². The van der Waals surface area contributed by atoms with Crippen molar-refractivity contribution < 1.29 is 9.18 Å². The van der Waals surface area contributed by atoms with E-state index in [-0.39, 0.29) is 5.56 Å². The summed E-state index contributed by atoms with van der Waals surface area (Å²) in [4.78, 5) is 10.6. The molecule has 0 saturated carbocycles. The first-order chi connectivity index (χ1) is 7.61. The van der Waals surface area contributed by atoms with E-state index in [1.165, 1.54) is 12.1 Å². The fourth-order valence-electron chi connectivity index (χ4n) is 1.68. The zero-order chi connectivity index (χ0) is 11.7. The van der Waals surface area contributed by atoms with Crippen molar-refractivity contribution in [3.05, 3.63) is 41.5 Å². The molecule has 4 heteroatoms. The summed E-state index contributed by atoms with van der Waals surface area (Å²) >= 11 is 0. The van der Waals surface area contributed by atoms with Gasteiger partial charge in [0.2, 0.25) is 0 Å². The van der Waals surface area contributed by atoms with E-state index in [0.29, 0.717) is 6.29 Å². The highest BCUT2D eigenvalue weighted by Gasteiger charge is 2.08. The largest absolute Gasteiger partial charge is 0.298 e. The minimum absolute atomic E-state index is 0.0701. The molecule has 0 spiro atoms. The smallest absolute Gasteiger partial charge is 0.153 e. The van der Waals surface area contributed by atoms with Gasteiger partial charge in [-0.3, -0.25) is 9.48 Å². The van der Waals surface area contributed by atoms with Gasteiger partial charge in [0.15, 0.2) is 6.29 Å². The lowest BCUT2D eigenvalue weighted by molar-refractivity contribution is 0.112. The number of nitrogens with zero attached hydrogens (tertiary/aromatic N) is 2. The van der Waals surface area contributed by atoms with Gasteiger partial charge in [-0.2, -0.15) is 5.10 Å². The first-order valence-electron chi connectivity index (χ1n) is 4.87. The predicted molar refractivity (Wildman–Crippen MR) is 58.7 cm³/mol. The summed E-state index contributed by atoms with van der Waals surface area (Å²) in [5.74, 6) is -0.500. The maximum absolute atomic E-state index is 13.1. The summed E-state index contributed by atoms with van der Waals surface area (Å²) in [6.07, 6.45) is 2.36. The third-order valence-corrected chi connectivity index (χ3v) is 2.45. The van der Waals surface area contributed by atoms with Crippen LogP contribution in [-0.2, 0) is 7.05 Å². The van der Waals surface area contributed by atoms with Gasteiger partial charge in [-0.05, 0) is 24.6 Å². The van der Waals surface area contributed by atoms with Crippen LogP contribution in [0.3, 0.4) is 0 Å². The number of aryl methyl sites for hydroxylation is 2. The van der Waals surface area contributed by atoms with Gasteiger partial charge in [0.05, 0.1) is 11.3 Å². The van der Waals surface area contributed by atoms with Gasteiger partial charge in [0.25, 0.3) is 0 Å². The first kappa shape index (κ1) is 10.5. The third-order valence-electron chi connectivity index (χ3n) is 2.45. The third kappa shape index (κ3) is 1.74. The number of hydrogen-bond acceptors (Lipinski definition) is 2. The number of benzene rings is 1. The molecule has 0 aliphatic carbocycles. The van der Waals surface area contributed by atoms with Crippen LogP contribution in [0.2, 0.25) is 0 Å². The molecule has 0 fully saturated rings. The molecule has 0 aliphatic heterocycles. The Morgan fingerprint density at radius 3 is 2.75 bits per heavy atom. The van der Waals surface area contributed by atoms with Gasteiger partial charge in [-0.15, -0.1) is 0 Å². The maximum Gasteiger partial charge on any atom is 0.153 e. The lowest BCUT2D eigenvalue weighted by Crippen LogP contribution is -1.88. The van der Waals surface area contributed by atoms with Crippen molar-refractivity contribution >= 4 is 6.29 Å². The number of aldehydes is 1. The van der Waals surface area contributed by atoms with Gasteiger partial charge >= 0.3 is 0 Å². The highest BCUT2D eigenvalue weighted by molar-refractivity contribution is 5.79. The zero-order valence-corrected chi connectivity index (χ0v) is 9.07. The van der Waals surface area contributed by atoms with Gasteiger partial charge in [-0.1, -0.05) is 6.07 Å². The van der Waals surface area contributed by atoms with E-state index >= 15 is 0 Å². The molecular weight excluding hydrogens is 207 g/mol. The maximum atomic E-state index is 13.1. The van der Waals surface area contributed by atoms with Crippen LogP contribution >= 0.6 is 0 Å². The van der Waals surface area contributed by atoms with E-state index in [0.717, 1.165) is 16.8 Å². The van der Waals surface area contributed by atoms with Crippen molar-refractivity contribution in [3.63, 3.8) is 0 Å². The SMILES string of the molecule is Cc1nn(C)cc1-c1ccc(F)c(C=O)c1. The highest BCUT2D eigenvalue weighted by atomic mass is 19.1. The lowest BCUT2D eigenvalue weighted by atomic mass is 10.0. The number of carbonyl (C=O) groups excluding carboxylic acids is 1. The Bertz CT molecular complexity index is 546. The molecule has 3 nitrogen and oxygen atoms in total. The van der Waals surface area contributed by atoms with Crippen LogP contribution in [0.5, 0.6) is 0 Å². The molecule has 0 unspecified atom stereocenters. The van der Waals surface area contributed by atoms with Crippen LogP contribution in [0.25, 0.3) is 11.1 Å². The van der Waals surface area contributed by atoms with Gasteiger partial charge < -0.3 is 0 Å². The Morgan fingerprint density at radius 2 is 2.19 bits per heavy atom. The van der Waals surface area contributed by atoms with E-state index in [4.69, 9.17) is 0 Å². The van der Waals surface area contributed by atoms with Crippen LogP contribution in [-0.4, -0.2) is 16.1 Å². The first-order valence-corrected chi connectivity index (χ1v) is 4.87. The Kier molecular flexibility index (Phi) is 2.56. The highest BCUT2D eigenvalue weighted by Crippen LogP contribution is 2.23. The molecule has 0 saturated heterocycles. The molecule has 1 heterocycles. The fourth-order valence-corrected chi connectivity index (χ4v) is 1.68. The second kappa shape index (κ2) is 3.89. The van der Waals surface area contributed by atoms with E-state index < -0.39 is 5.82 Å². The molecule has 0 radical (unpaired) electrons. The van der Waals surface area contributed by atoms with Crippen molar-refractivity contribution in [1.82, 2.24) is 9.78 Å². The van der Waals surface area contributed by atoms with E-state index in [9.17, 15) is 9.18 Å². The van der Waals surface area contributed by atoms with Crippen molar-refractivity contribution in [3.8, 4) is 11.1 Å². The average Bonchev–Trinajstić information content (AvgIpc) is 2.59. The molecule has 0 aliphatic rings. The summed E-state index contributed by atoms with van der Waals surface area (Å²) < 4.78 is 14.8. The molecule has 1 aromatic carbocycles. The summed E-state index contributed by atoms with van der Waals surface area (Å²) in [6.45, 7) is 1.87. The minimum atomic E-state index is -0.500. The number of aromatic nitrogens is 2. The van der Waals surface area contributed by atoms with Crippen molar-refractivity contribution in [1.29, 1.82) is 0 Å². The van der Waals surface area contributed by atoms with Gasteiger partial charge in [0.1, 0.15) is 5.82 Å². The van der Waals surface area contributed by atoms with Crippen LogP contribution in [0.15, 0.2) is 24.4 Å². The standard InChI is InChI=1S/C12H11FN2O/c1-8-11(6-15(2)14-8)9-3-4-12(13)10(5-9)7-16/h3-7H,1-2H3. The van der Waals surface area contributed by atoms with Gasteiger partial charge in [-0.25, -0.2) is 4.39 Å². The molecule has 0 bridgehead atoms. The zero-order valence-electron chi connectivity index (χ0n) is 9.07. The summed E-state index contributed by atoms with van der Waals surface area (Å²) in [5.41, 5.74) is 2.63. The van der Waals surface area contributed by atoms with Crippen molar-refractivity contribution in [2.24, 2.45) is 7.05 Å². The predicted octanol–water partition coefficient (Wildman–Crippen LogP) is 2.35. The molecule has 16 heavy (non-hydrogen) atoms. The Balaban J connectivity index is 2.56. The number of carbonyl (C=O) groups is 1. The quantitative estimate of drug-likeness (QED) is 0.725. The average molecular weight is 218 g/mol. The fraction of sp³-hybridized carbons (Fsp3) is 0.167. The van der Waals surface area contributed by atoms with Crippen molar-refractivity contribution in [2.45, 2.75) is 6.92 Å². The molecule has 0 amide bonds. The second-order valence-electron chi connectivity index (χ2n) is 3.66. The lowest BCUT2D eigenvalue weighted by Gasteiger charge is -2.01. The van der Waals surface area contributed by atoms with Crippen LogP contribution < -0.4 is 0 Å².